The Kier molecular flexibility index (Phi) is 14.5. The molecule has 0 saturated carbocycles. The molecule has 0 aliphatic carbocycles. The average molecular weight is 1130 g/mol. The van der Waals surface area contributed by atoms with Crippen LogP contribution in [-0.2, 0) is 45.9 Å². The number of rotatable bonds is 15. The topological polar surface area (TPSA) is 33.5 Å². The third kappa shape index (κ3) is 10.5. The largest absolute Gasteiger partial charge is 0.517 e. The summed E-state index contributed by atoms with van der Waals surface area (Å²) in [5.41, 5.74) is 18.0. The van der Waals surface area contributed by atoms with E-state index in [1.165, 1.54) is 55.8 Å². The van der Waals surface area contributed by atoms with Gasteiger partial charge < -0.3 is 19.1 Å². The second-order valence-corrected chi connectivity index (χ2v) is 20.6. The molecule has 3 heterocycles. The molecule has 2 aromatic heterocycles. The van der Waals surface area contributed by atoms with Gasteiger partial charge in [-0.05, 0) is 148 Å². The molecule has 0 atom stereocenters. The zero-order chi connectivity index (χ0) is 49.2. The van der Waals surface area contributed by atoms with E-state index < -0.39 is 0 Å². The fraction of sp³-hybridized carbons (Fsp3) is 0.194. The van der Waals surface area contributed by atoms with Crippen molar-refractivity contribution in [2.24, 2.45) is 5.92 Å². The van der Waals surface area contributed by atoms with E-state index in [-0.39, 0.29) is 26.5 Å². The molecular formula is C67H61N4OPt-3. The first-order chi connectivity index (χ1) is 35.1. The van der Waals surface area contributed by atoms with Crippen molar-refractivity contribution in [3.05, 3.63) is 235 Å². The van der Waals surface area contributed by atoms with Crippen LogP contribution in [0.5, 0.6) is 5.75 Å². The summed E-state index contributed by atoms with van der Waals surface area (Å²) < 4.78 is 8.74. The summed E-state index contributed by atoms with van der Waals surface area (Å²) in [7, 11) is 0. The minimum atomic E-state index is -0.00932. The van der Waals surface area contributed by atoms with E-state index in [1.807, 2.05) is 12.3 Å². The number of benzene rings is 8. The van der Waals surface area contributed by atoms with Gasteiger partial charge in [0.05, 0.1) is 6.61 Å². The molecule has 368 valence electrons. The second kappa shape index (κ2) is 21.5. The van der Waals surface area contributed by atoms with E-state index in [2.05, 4.69) is 250 Å². The first-order valence-electron chi connectivity index (χ1n) is 25.6. The summed E-state index contributed by atoms with van der Waals surface area (Å²) in [6, 6.07) is 75.1. The number of nitrogens with zero attached hydrogens (tertiary/aromatic N) is 4. The number of anilines is 3. The number of hydrogen-bond donors (Lipinski definition) is 0. The van der Waals surface area contributed by atoms with Gasteiger partial charge in [-0.3, -0.25) is 0 Å². The molecular weight excluding hydrogens is 1070 g/mol. The Bertz CT molecular complexity index is 3460. The molecule has 1 aliphatic heterocycles. The van der Waals surface area contributed by atoms with Gasteiger partial charge in [-0.15, -0.1) is 28.8 Å². The van der Waals surface area contributed by atoms with Crippen molar-refractivity contribution in [1.82, 2.24) is 9.55 Å². The number of ether oxygens (including phenoxy) is 1. The number of pyridine rings is 1. The Morgan fingerprint density at radius 1 is 0.616 bits per heavy atom. The zero-order valence-electron chi connectivity index (χ0n) is 42.4. The fourth-order valence-electron chi connectivity index (χ4n) is 10.4. The van der Waals surface area contributed by atoms with Crippen LogP contribution >= 0.6 is 0 Å². The predicted molar refractivity (Wildman–Crippen MR) is 300 cm³/mol. The summed E-state index contributed by atoms with van der Waals surface area (Å²) in [4.78, 5) is 9.54. The Hall–Kier alpha value is -7.20. The van der Waals surface area contributed by atoms with Crippen LogP contribution in [0.3, 0.4) is 0 Å². The van der Waals surface area contributed by atoms with E-state index in [0.29, 0.717) is 18.3 Å². The molecule has 0 radical (unpaired) electrons. The molecule has 5 nitrogen and oxygen atoms in total. The summed E-state index contributed by atoms with van der Waals surface area (Å²) in [6.07, 6.45) is 6.09. The first kappa shape index (κ1) is 49.4. The average Bonchev–Trinajstić information content (AvgIpc) is 3.95. The maximum Gasteiger partial charge on any atom is 0.135 e. The standard InChI is InChI=1S/C67H61N4O.Pt/c1-47(2)38-51-25-19-29-59(54-41-52(49-21-8-6-9-22-49)40-53(42-54)50-23-10-7-11-24-50)58(51)27-16-17-37-69-46-70(64-32-15-14-31-63(64)69)56-26-18-20-48(39-56)45-72-57-33-34-61-60-28-12-13-30-62(60)71(65(61)44-57)66-43-55(35-36-68-66)67(3,4)5;/h6-15,18-26,28-36,40-43,46-47H,16-17,27,37-38,45H2,1-5H3;/q-3;. The van der Waals surface area contributed by atoms with Crippen molar-refractivity contribution < 1.29 is 25.8 Å². The molecule has 0 amide bonds. The van der Waals surface area contributed by atoms with Crippen LogP contribution in [0.25, 0.3) is 61.0 Å². The Balaban J connectivity index is 0.00000611. The van der Waals surface area contributed by atoms with Gasteiger partial charge in [0.15, 0.2) is 0 Å². The van der Waals surface area contributed by atoms with Gasteiger partial charge in [0.2, 0.25) is 0 Å². The van der Waals surface area contributed by atoms with Crippen molar-refractivity contribution in [3.8, 4) is 44.9 Å². The maximum atomic E-state index is 6.53. The van der Waals surface area contributed by atoms with E-state index >= 15 is 0 Å². The molecule has 73 heavy (non-hydrogen) atoms. The first-order valence-corrected chi connectivity index (χ1v) is 25.6. The smallest absolute Gasteiger partial charge is 0.135 e. The van der Waals surface area contributed by atoms with Crippen LogP contribution in [0.4, 0.5) is 17.1 Å². The molecule has 0 saturated heterocycles. The van der Waals surface area contributed by atoms with Gasteiger partial charge in [-0.1, -0.05) is 149 Å². The molecule has 0 bridgehead atoms. The van der Waals surface area contributed by atoms with Gasteiger partial charge in [0.1, 0.15) is 5.82 Å². The molecule has 11 rings (SSSR count). The number of para-hydroxylation sites is 3. The molecule has 0 spiro atoms. The van der Waals surface area contributed by atoms with Crippen LogP contribution in [-0.4, -0.2) is 16.1 Å². The van der Waals surface area contributed by atoms with Gasteiger partial charge >= 0.3 is 0 Å². The van der Waals surface area contributed by atoms with Crippen LogP contribution in [0.2, 0.25) is 0 Å². The third-order valence-electron chi connectivity index (χ3n) is 14.0. The number of fused-ring (bicyclic) bond motifs is 4. The molecule has 0 N–H and O–H groups in total. The summed E-state index contributed by atoms with van der Waals surface area (Å²) in [5, 5.41) is 2.28. The predicted octanol–water partition coefficient (Wildman–Crippen LogP) is 17.0. The van der Waals surface area contributed by atoms with Crippen LogP contribution < -0.4 is 14.5 Å². The second-order valence-electron chi connectivity index (χ2n) is 20.6. The summed E-state index contributed by atoms with van der Waals surface area (Å²) >= 11 is 0. The minimum absolute atomic E-state index is 0. The Morgan fingerprint density at radius 2 is 1.30 bits per heavy atom. The van der Waals surface area contributed by atoms with Crippen LogP contribution in [0.1, 0.15) is 69.7 Å². The van der Waals surface area contributed by atoms with Gasteiger partial charge in [-0.25, -0.2) is 4.98 Å². The maximum absolute atomic E-state index is 6.53. The Morgan fingerprint density at radius 3 is 2.04 bits per heavy atom. The minimum Gasteiger partial charge on any atom is -0.517 e. The van der Waals surface area contributed by atoms with Crippen molar-refractivity contribution >= 4 is 38.9 Å². The molecule has 1 aliphatic rings. The molecule has 0 fully saturated rings. The zero-order valence-corrected chi connectivity index (χ0v) is 44.7. The summed E-state index contributed by atoms with van der Waals surface area (Å²) in [6.45, 7) is 14.9. The third-order valence-corrected chi connectivity index (χ3v) is 14.0. The molecule has 8 aromatic carbocycles. The normalized spacial score (nSPS) is 12.4. The van der Waals surface area contributed by atoms with Gasteiger partial charge in [0.25, 0.3) is 0 Å². The molecule has 0 unspecified atom stereocenters. The van der Waals surface area contributed by atoms with Crippen molar-refractivity contribution in [2.45, 2.75) is 72.3 Å². The van der Waals surface area contributed by atoms with E-state index in [0.717, 1.165) is 76.8 Å². The number of aromatic nitrogens is 2. The van der Waals surface area contributed by atoms with E-state index in [1.54, 1.807) is 0 Å². The van der Waals surface area contributed by atoms with Gasteiger partial charge in [-0.2, -0.15) is 37.0 Å². The van der Waals surface area contributed by atoms with Crippen molar-refractivity contribution in [3.63, 3.8) is 0 Å². The monoisotopic (exact) mass is 1130 g/mol. The fourth-order valence-corrected chi connectivity index (χ4v) is 10.4. The van der Waals surface area contributed by atoms with Crippen molar-refractivity contribution in [2.75, 3.05) is 16.3 Å². The number of hydrogen-bond acceptors (Lipinski definition) is 4. The summed E-state index contributed by atoms with van der Waals surface area (Å²) in [5.74, 6) is 2.11. The number of unbranched alkanes of at least 4 members (excludes halogenated alkanes) is 1. The van der Waals surface area contributed by atoms with Gasteiger partial charge in [0, 0.05) is 49.9 Å². The van der Waals surface area contributed by atoms with E-state index in [9.17, 15) is 0 Å². The van der Waals surface area contributed by atoms with Crippen molar-refractivity contribution in [1.29, 1.82) is 0 Å². The molecule has 6 heteroatoms. The van der Waals surface area contributed by atoms with E-state index in [4.69, 9.17) is 9.72 Å². The quantitative estimate of drug-likeness (QED) is 0.0757. The van der Waals surface area contributed by atoms with Crippen LogP contribution in [0, 0.1) is 24.7 Å². The SMILES string of the molecule is CC(C)Cc1cccc(-c2cc(-c3ccccc3)cc(-c3ccccc3)c2)c1CCCCN1[CH-]N(c2[c-]c(COc3[c-]c4c(cc3)c3ccccc3n4-c3cc(C(C)(C)C)ccn3)ccc2)c2ccccc21.[Pt]. The van der Waals surface area contributed by atoms with Crippen LogP contribution in [0.15, 0.2) is 194 Å². The molecule has 10 aromatic rings. The Labute approximate surface area is 446 Å².